The molecule has 0 aliphatic carbocycles. The van der Waals surface area contributed by atoms with Crippen LogP contribution in [0.5, 0.6) is 5.75 Å². The molecule has 0 fully saturated rings. The number of hydrogen-bond acceptors (Lipinski definition) is 6. The van der Waals surface area contributed by atoms with Crippen LogP contribution in [0.3, 0.4) is 0 Å². The zero-order valence-electron chi connectivity index (χ0n) is 7.33. The molecule has 0 atom stereocenters. The van der Waals surface area contributed by atoms with Crippen molar-refractivity contribution in [3.8, 4) is 5.75 Å². The molecule has 1 heterocycles. The zero-order chi connectivity index (χ0) is 10.9. The van der Waals surface area contributed by atoms with E-state index in [0.717, 1.165) is 11.8 Å². The van der Waals surface area contributed by atoms with Crippen molar-refractivity contribution in [3.63, 3.8) is 0 Å². The van der Waals surface area contributed by atoms with Crippen LogP contribution in [0.25, 0.3) is 0 Å². The highest BCUT2D eigenvalue weighted by Gasteiger charge is 2.36. The summed E-state index contributed by atoms with van der Waals surface area (Å²) in [4.78, 5) is 19.2. The first-order chi connectivity index (χ1) is 6.49. The van der Waals surface area contributed by atoms with Crippen molar-refractivity contribution in [2.24, 2.45) is 7.05 Å². The van der Waals surface area contributed by atoms with Gasteiger partial charge in [-0.25, -0.2) is 0 Å². The van der Waals surface area contributed by atoms with Crippen LogP contribution in [0.4, 0.5) is 11.6 Å². The third-order valence-corrected chi connectivity index (χ3v) is 1.51. The predicted molar refractivity (Wildman–Crippen MR) is 43.1 cm³/mol. The smallest absolute Gasteiger partial charge is 0.462 e. The lowest BCUT2D eigenvalue weighted by atomic mass is 10.5. The first-order valence-corrected chi connectivity index (χ1v) is 3.38. The number of methoxy groups -OCH3 is 1. The Labute approximate surface area is 77.2 Å². The van der Waals surface area contributed by atoms with Crippen LogP contribution < -0.4 is 4.74 Å². The van der Waals surface area contributed by atoms with E-state index in [0.29, 0.717) is 0 Å². The summed E-state index contributed by atoms with van der Waals surface area (Å²) in [6, 6.07) is 0. The number of aromatic nitrogens is 2. The summed E-state index contributed by atoms with van der Waals surface area (Å²) in [7, 11) is 2.34. The molecule has 0 aliphatic rings. The topological polar surface area (TPSA) is 113 Å². The summed E-state index contributed by atoms with van der Waals surface area (Å²) < 4.78 is 5.34. The molecule has 0 bridgehead atoms. The van der Waals surface area contributed by atoms with Crippen LogP contribution in [-0.4, -0.2) is 26.7 Å². The quantitative estimate of drug-likeness (QED) is 0.512. The minimum atomic E-state index is -0.841. The van der Waals surface area contributed by atoms with Crippen molar-refractivity contribution in [2.45, 2.75) is 0 Å². The second-order valence-electron chi connectivity index (χ2n) is 2.32. The zero-order valence-corrected chi connectivity index (χ0v) is 7.33. The minimum Gasteiger partial charge on any atom is -0.483 e. The first-order valence-electron chi connectivity index (χ1n) is 3.38. The second kappa shape index (κ2) is 3.28. The molecule has 76 valence electrons. The molecule has 0 aliphatic heterocycles. The van der Waals surface area contributed by atoms with Crippen molar-refractivity contribution in [1.82, 2.24) is 9.78 Å². The number of hydrogen-bond donors (Lipinski definition) is 0. The SMILES string of the molecule is COc1c([N+](=O)[O-])nn(C)c1[N+](=O)[O-]. The molecule has 0 unspecified atom stereocenters. The van der Waals surface area contributed by atoms with Crippen molar-refractivity contribution in [1.29, 1.82) is 0 Å². The van der Waals surface area contributed by atoms with Gasteiger partial charge in [-0.1, -0.05) is 0 Å². The molecule has 0 aromatic carbocycles. The highest BCUT2D eigenvalue weighted by Crippen LogP contribution is 2.34. The lowest BCUT2D eigenvalue weighted by molar-refractivity contribution is -0.396. The van der Waals surface area contributed by atoms with Crippen LogP contribution in [0.1, 0.15) is 0 Å². The summed E-state index contributed by atoms with van der Waals surface area (Å²) >= 11 is 0. The van der Waals surface area contributed by atoms with Crippen molar-refractivity contribution >= 4 is 11.6 Å². The van der Waals surface area contributed by atoms with Gasteiger partial charge < -0.3 is 25.0 Å². The molecule has 0 spiro atoms. The maximum Gasteiger partial charge on any atom is 0.462 e. The van der Waals surface area contributed by atoms with Gasteiger partial charge >= 0.3 is 17.4 Å². The molecule has 9 nitrogen and oxygen atoms in total. The largest absolute Gasteiger partial charge is 0.483 e. The van der Waals surface area contributed by atoms with Crippen LogP contribution in [0.2, 0.25) is 0 Å². The molecule has 0 saturated heterocycles. The average Bonchev–Trinajstić information content (AvgIpc) is 2.41. The fourth-order valence-electron chi connectivity index (χ4n) is 0.985. The Kier molecular flexibility index (Phi) is 2.32. The average molecular weight is 202 g/mol. The Morgan fingerprint density at radius 2 is 1.93 bits per heavy atom. The lowest BCUT2D eigenvalue weighted by Gasteiger charge is -1.95. The van der Waals surface area contributed by atoms with Crippen LogP contribution in [0.15, 0.2) is 0 Å². The Balaban J connectivity index is 3.43. The fraction of sp³-hybridized carbons (Fsp3) is 0.400. The molecule has 1 aromatic heterocycles. The molecule has 9 heteroatoms. The van der Waals surface area contributed by atoms with Gasteiger partial charge in [-0.3, -0.25) is 0 Å². The lowest BCUT2D eigenvalue weighted by Crippen LogP contribution is -1.99. The Bertz CT molecular complexity index is 397. The summed E-state index contributed by atoms with van der Waals surface area (Å²) in [5, 5.41) is 24.2. The molecule has 0 radical (unpaired) electrons. The van der Waals surface area contributed by atoms with Gasteiger partial charge in [0.15, 0.2) is 5.10 Å². The molecular weight excluding hydrogens is 196 g/mol. The van der Waals surface area contributed by atoms with Crippen LogP contribution >= 0.6 is 0 Å². The highest BCUT2D eigenvalue weighted by atomic mass is 16.6. The normalized spacial score (nSPS) is 9.86. The maximum absolute atomic E-state index is 10.5. The summed E-state index contributed by atoms with van der Waals surface area (Å²) in [5.41, 5.74) is 0. The Morgan fingerprint density at radius 3 is 2.29 bits per heavy atom. The van der Waals surface area contributed by atoms with Crippen LogP contribution in [0, 0.1) is 20.2 Å². The number of rotatable bonds is 3. The fourth-order valence-corrected chi connectivity index (χ4v) is 0.985. The van der Waals surface area contributed by atoms with Gasteiger partial charge in [-0.15, -0.1) is 0 Å². The summed E-state index contributed by atoms with van der Waals surface area (Å²) in [5.74, 6) is -1.65. The number of ether oxygens (including phenoxy) is 1. The minimum absolute atomic E-state index is 0.442. The van der Waals surface area contributed by atoms with Crippen LogP contribution in [-0.2, 0) is 7.05 Å². The van der Waals surface area contributed by atoms with Gasteiger partial charge in [-0.05, 0) is 14.5 Å². The number of nitro groups is 2. The van der Waals surface area contributed by atoms with Gasteiger partial charge in [0.1, 0.15) is 7.05 Å². The molecule has 1 aromatic rings. The third-order valence-electron chi connectivity index (χ3n) is 1.51. The van der Waals surface area contributed by atoms with E-state index in [-0.39, 0.29) is 0 Å². The Hall–Kier alpha value is -2.19. The van der Waals surface area contributed by atoms with E-state index >= 15 is 0 Å². The van der Waals surface area contributed by atoms with Crippen molar-refractivity contribution < 1.29 is 14.6 Å². The molecule has 14 heavy (non-hydrogen) atoms. The number of nitrogens with zero attached hydrogens (tertiary/aromatic N) is 4. The van der Waals surface area contributed by atoms with Crippen molar-refractivity contribution in [2.75, 3.05) is 7.11 Å². The van der Waals surface area contributed by atoms with E-state index in [1.807, 2.05) is 0 Å². The second-order valence-corrected chi connectivity index (χ2v) is 2.32. The van der Waals surface area contributed by atoms with Gasteiger partial charge in [0.25, 0.3) is 0 Å². The van der Waals surface area contributed by atoms with E-state index in [2.05, 4.69) is 9.84 Å². The summed E-state index contributed by atoms with van der Waals surface area (Å²) in [6.07, 6.45) is 0. The predicted octanol–water partition coefficient (Wildman–Crippen LogP) is 0.245. The molecule has 0 saturated carbocycles. The maximum atomic E-state index is 10.5. The summed E-state index contributed by atoms with van der Waals surface area (Å²) in [6.45, 7) is 0. The van der Waals surface area contributed by atoms with E-state index in [4.69, 9.17) is 0 Å². The molecule has 0 N–H and O–H groups in total. The van der Waals surface area contributed by atoms with Crippen molar-refractivity contribution in [3.05, 3.63) is 20.2 Å². The third kappa shape index (κ3) is 1.34. The standard InChI is InChI=1S/C5H6N4O5/c1-7-5(9(12)13)3(14-2)4(6-7)8(10)11/h1-2H3. The number of aryl methyl sites for hydroxylation is 1. The van der Waals surface area contributed by atoms with E-state index < -0.39 is 27.2 Å². The van der Waals surface area contributed by atoms with E-state index in [9.17, 15) is 20.2 Å². The van der Waals surface area contributed by atoms with E-state index in [1.165, 1.54) is 7.05 Å². The van der Waals surface area contributed by atoms with Gasteiger partial charge in [0.2, 0.25) is 0 Å². The highest BCUT2D eigenvalue weighted by molar-refractivity contribution is 5.52. The van der Waals surface area contributed by atoms with Gasteiger partial charge in [0, 0.05) is 0 Å². The van der Waals surface area contributed by atoms with Gasteiger partial charge in [0.05, 0.1) is 7.11 Å². The molecule has 0 amide bonds. The monoisotopic (exact) mass is 202 g/mol. The molecule has 1 rings (SSSR count). The van der Waals surface area contributed by atoms with E-state index in [1.54, 1.807) is 0 Å². The Morgan fingerprint density at radius 1 is 1.36 bits per heavy atom. The van der Waals surface area contributed by atoms with Gasteiger partial charge in [-0.2, -0.15) is 0 Å². The molecular formula is C5H6N4O5. The first kappa shape index (κ1) is 9.89.